The van der Waals surface area contributed by atoms with E-state index in [9.17, 15) is 4.39 Å². The zero-order valence-electron chi connectivity index (χ0n) is 12.5. The fraction of sp³-hybridized carbons (Fsp3) is 0.647. The van der Waals surface area contributed by atoms with Crippen molar-refractivity contribution in [3.63, 3.8) is 0 Å². The number of halogens is 2. The van der Waals surface area contributed by atoms with Gasteiger partial charge in [0.15, 0.2) is 0 Å². The minimum absolute atomic E-state index is 0.0870. The molecule has 3 atom stereocenters. The van der Waals surface area contributed by atoms with Gasteiger partial charge in [0.2, 0.25) is 0 Å². The van der Waals surface area contributed by atoms with Crippen LogP contribution in [0, 0.1) is 17.7 Å². The molecule has 0 amide bonds. The van der Waals surface area contributed by atoms with Crippen molar-refractivity contribution in [3.8, 4) is 0 Å². The predicted octanol–water partition coefficient (Wildman–Crippen LogP) is 5.35. The van der Waals surface area contributed by atoms with Crippen molar-refractivity contribution in [2.24, 2.45) is 11.8 Å². The Hall–Kier alpha value is -0.600. The van der Waals surface area contributed by atoms with Crippen LogP contribution in [0.15, 0.2) is 18.2 Å². The quantitative estimate of drug-likeness (QED) is 0.773. The van der Waals surface area contributed by atoms with Crippen molar-refractivity contribution in [1.29, 1.82) is 0 Å². The van der Waals surface area contributed by atoms with Gasteiger partial charge >= 0.3 is 0 Å². The summed E-state index contributed by atoms with van der Waals surface area (Å²) in [6.07, 6.45) is 6.19. The highest BCUT2D eigenvalue weighted by Gasteiger charge is 2.32. The molecule has 112 valence electrons. The number of hydrogen-bond donors (Lipinski definition) is 1. The molecule has 3 heteroatoms. The van der Waals surface area contributed by atoms with Crippen LogP contribution in [-0.2, 0) is 0 Å². The van der Waals surface area contributed by atoms with Crippen LogP contribution in [0.1, 0.15) is 57.6 Å². The fourth-order valence-corrected chi connectivity index (χ4v) is 3.83. The summed E-state index contributed by atoms with van der Waals surface area (Å²) >= 11 is 6.08. The molecule has 1 fully saturated rings. The highest BCUT2D eigenvalue weighted by atomic mass is 35.5. The maximum atomic E-state index is 14.2. The highest BCUT2D eigenvalue weighted by molar-refractivity contribution is 6.30. The summed E-state index contributed by atoms with van der Waals surface area (Å²) < 4.78 is 14.2. The summed E-state index contributed by atoms with van der Waals surface area (Å²) in [5.41, 5.74) is 0.740. The van der Waals surface area contributed by atoms with Crippen molar-refractivity contribution in [1.82, 2.24) is 5.32 Å². The van der Waals surface area contributed by atoms with E-state index >= 15 is 0 Å². The Bertz CT molecular complexity index is 435. The van der Waals surface area contributed by atoms with E-state index in [1.54, 1.807) is 12.1 Å². The molecule has 2 rings (SSSR count). The molecule has 0 bridgehead atoms. The topological polar surface area (TPSA) is 12.0 Å². The van der Waals surface area contributed by atoms with E-state index in [0.717, 1.165) is 12.1 Å². The number of rotatable bonds is 5. The predicted molar refractivity (Wildman–Crippen MR) is 83.6 cm³/mol. The lowest BCUT2D eigenvalue weighted by Gasteiger charge is -2.37. The van der Waals surface area contributed by atoms with Gasteiger partial charge < -0.3 is 5.32 Å². The molecular formula is C17H25ClFN. The van der Waals surface area contributed by atoms with Crippen LogP contribution in [0.3, 0.4) is 0 Å². The average molecular weight is 298 g/mol. The van der Waals surface area contributed by atoms with Crippen molar-refractivity contribution >= 4 is 11.6 Å². The SMILES string of the molecule is CCNC(c1cc(Cl)ccc1F)C1CCCCC1CC. The lowest BCUT2D eigenvalue weighted by Crippen LogP contribution is -2.35. The molecule has 0 aliphatic heterocycles. The zero-order chi connectivity index (χ0) is 14.5. The minimum Gasteiger partial charge on any atom is -0.310 e. The molecule has 3 unspecified atom stereocenters. The first kappa shape index (κ1) is 15.8. The Balaban J connectivity index is 2.31. The van der Waals surface area contributed by atoms with Gasteiger partial charge in [-0.2, -0.15) is 0 Å². The maximum absolute atomic E-state index is 14.2. The fourth-order valence-electron chi connectivity index (χ4n) is 3.65. The third kappa shape index (κ3) is 3.53. The second kappa shape index (κ2) is 7.42. The van der Waals surface area contributed by atoms with Crippen LogP contribution in [0.5, 0.6) is 0 Å². The molecule has 0 heterocycles. The van der Waals surface area contributed by atoms with Crippen LogP contribution < -0.4 is 5.32 Å². The van der Waals surface area contributed by atoms with E-state index < -0.39 is 0 Å². The van der Waals surface area contributed by atoms with Crippen LogP contribution >= 0.6 is 11.6 Å². The molecule has 1 aromatic carbocycles. The second-order valence-corrected chi connectivity index (χ2v) is 6.25. The van der Waals surface area contributed by atoms with E-state index in [1.165, 1.54) is 38.2 Å². The van der Waals surface area contributed by atoms with Crippen LogP contribution in [0.25, 0.3) is 0 Å². The molecular weight excluding hydrogens is 273 g/mol. The van der Waals surface area contributed by atoms with E-state index in [1.807, 2.05) is 0 Å². The van der Waals surface area contributed by atoms with Gasteiger partial charge in [0.05, 0.1) is 0 Å². The first-order chi connectivity index (χ1) is 9.67. The van der Waals surface area contributed by atoms with Gasteiger partial charge in [0, 0.05) is 16.6 Å². The Morgan fingerprint density at radius 3 is 2.75 bits per heavy atom. The van der Waals surface area contributed by atoms with Crippen molar-refractivity contribution in [3.05, 3.63) is 34.6 Å². The summed E-state index contributed by atoms with van der Waals surface area (Å²) in [4.78, 5) is 0. The summed E-state index contributed by atoms with van der Waals surface area (Å²) in [5.74, 6) is 1.06. The van der Waals surface area contributed by atoms with Gasteiger partial charge in [-0.25, -0.2) is 4.39 Å². The summed E-state index contributed by atoms with van der Waals surface area (Å²) in [6.45, 7) is 5.18. The van der Waals surface area contributed by atoms with Gasteiger partial charge in [-0.1, -0.05) is 51.1 Å². The van der Waals surface area contributed by atoms with Gasteiger partial charge in [0.25, 0.3) is 0 Å². The first-order valence-electron chi connectivity index (χ1n) is 7.85. The summed E-state index contributed by atoms with van der Waals surface area (Å²) in [5, 5.41) is 4.12. The number of hydrogen-bond acceptors (Lipinski definition) is 1. The lowest BCUT2D eigenvalue weighted by atomic mass is 9.72. The zero-order valence-corrected chi connectivity index (χ0v) is 13.2. The highest BCUT2D eigenvalue weighted by Crippen LogP contribution is 2.41. The van der Waals surface area contributed by atoms with Crippen LogP contribution in [-0.4, -0.2) is 6.54 Å². The first-order valence-corrected chi connectivity index (χ1v) is 8.23. The summed E-state index contributed by atoms with van der Waals surface area (Å²) in [6, 6.07) is 5.00. The molecule has 0 spiro atoms. The van der Waals surface area contributed by atoms with Gasteiger partial charge in [-0.15, -0.1) is 0 Å². The monoisotopic (exact) mass is 297 g/mol. The van der Waals surface area contributed by atoms with Crippen molar-refractivity contribution in [2.45, 2.75) is 52.0 Å². The molecule has 0 radical (unpaired) electrons. The molecule has 1 saturated carbocycles. The molecule has 1 aromatic rings. The molecule has 1 N–H and O–H groups in total. The second-order valence-electron chi connectivity index (χ2n) is 5.82. The third-order valence-electron chi connectivity index (χ3n) is 4.64. The maximum Gasteiger partial charge on any atom is 0.128 e. The summed E-state index contributed by atoms with van der Waals surface area (Å²) in [7, 11) is 0. The molecule has 0 saturated heterocycles. The molecule has 1 nitrogen and oxygen atoms in total. The molecule has 1 aliphatic carbocycles. The number of nitrogens with one attached hydrogen (secondary N) is 1. The molecule has 20 heavy (non-hydrogen) atoms. The van der Waals surface area contributed by atoms with E-state index in [-0.39, 0.29) is 11.9 Å². The van der Waals surface area contributed by atoms with Crippen molar-refractivity contribution in [2.75, 3.05) is 6.54 Å². The molecule has 1 aliphatic rings. The van der Waals surface area contributed by atoms with Crippen molar-refractivity contribution < 1.29 is 4.39 Å². The van der Waals surface area contributed by atoms with E-state index in [0.29, 0.717) is 16.9 Å². The lowest BCUT2D eigenvalue weighted by molar-refractivity contribution is 0.174. The Morgan fingerprint density at radius 2 is 2.05 bits per heavy atom. The van der Waals surface area contributed by atoms with Gasteiger partial charge in [0.1, 0.15) is 5.82 Å². The van der Waals surface area contributed by atoms with Crippen LogP contribution in [0.2, 0.25) is 5.02 Å². The van der Waals surface area contributed by atoms with E-state index in [2.05, 4.69) is 19.2 Å². The Kier molecular flexibility index (Phi) is 5.86. The largest absolute Gasteiger partial charge is 0.310 e. The smallest absolute Gasteiger partial charge is 0.128 e. The minimum atomic E-state index is -0.138. The van der Waals surface area contributed by atoms with Gasteiger partial charge in [-0.3, -0.25) is 0 Å². The molecule has 0 aromatic heterocycles. The standard InChI is InChI=1S/C17H25ClFN/c1-3-12-7-5-6-8-14(12)17(20-4-2)15-11-13(18)9-10-16(15)19/h9-12,14,17,20H,3-8H2,1-2H3. The normalized spacial score (nSPS) is 24.6. The Labute approximate surface area is 126 Å². The van der Waals surface area contributed by atoms with Crippen LogP contribution in [0.4, 0.5) is 4.39 Å². The van der Waals surface area contributed by atoms with E-state index in [4.69, 9.17) is 11.6 Å². The van der Waals surface area contributed by atoms with Gasteiger partial charge in [-0.05, 0) is 43.0 Å². The Morgan fingerprint density at radius 1 is 1.30 bits per heavy atom. The average Bonchev–Trinajstić information content (AvgIpc) is 2.47. The third-order valence-corrected chi connectivity index (χ3v) is 4.87. The number of benzene rings is 1.